The summed E-state index contributed by atoms with van der Waals surface area (Å²) in [6.07, 6.45) is -1.14. The minimum absolute atomic E-state index is 0. The summed E-state index contributed by atoms with van der Waals surface area (Å²) in [6, 6.07) is 49.2. The molecule has 3 saturated heterocycles. The number of aryl methyl sites for hydroxylation is 2. The molecule has 0 radical (unpaired) electrons. The van der Waals surface area contributed by atoms with Crippen molar-refractivity contribution in [2.24, 2.45) is 0 Å². The molecule has 0 saturated carbocycles. The number of halogens is 2. The van der Waals surface area contributed by atoms with Gasteiger partial charge in [-0.1, -0.05) is 94.9 Å². The van der Waals surface area contributed by atoms with E-state index in [4.69, 9.17) is 28.4 Å². The Morgan fingerprint density at radius 1 is 0.444 bits per heavy atom. The molecule has 3 amide bonds. The molecule has 8 aromatic carbocycles. The monoisotopic (exact) mass is 1390 g/mol. The zero-order valence-corrected chi connectivity index (χ0v) is 54.4. The lowest BCUT2D eigenvalue weighted by Crippen LogP contribution is -2.27. The summed E-state index contributed by atoms with van der Waals surface area (Å²) in [7, 11) is -4.34. The maximum Gasteiger partial charge on any atom is 0.414 e. The van der Waals surface area contributed by atoms with E-state index in [1.54, 1.807) is 71.6 Å². The first-order valence-electron chi connectivity index (χ1n) is 27.9. The van der Waals surface area contributed by atoms with Crippen LogP contribution in [0.25, 0.3) is 0 Å². The van der Waals surface area contributed by atoms with Crippen molar-refractivity contribution < 1.29 is 64.4 Å². The van der Waals surface area contributed by atoms with Crippen LogP contribution >= 0.6 is 31.9 Å². The number of nitrogens with zero attached hydrogens (tertiary/aromatic N) is 2. The lowest BCUT2D eigenvalue weighted by Gasteiger charge is -2.30. The number of hydrogen-bond donors (Lipinski definition) is 1. The van der Waals surface area contributed by atoms with Gasteiger partial charge < -0.3 is 38.5 Å². The van der Waals surface area contributed by atoms with Gasteiger partial charge >= 0.3 is 18.3 Å². The fraction of sp³-hybridized carbons (Fsp3) is 0.261. The number of alkyl carbamates (subject to hydrolysis) is 1. The summed E-state index contributed by atoms with van der Waals surface area (Å²) in [5.74, 6) is 3.16. The summed E-state index contributed by atoms with van der Waals surface area (Å²) >= 11 is 7.28. The van der Waals surface area contributed by atoms with Gasteiger partial charge in [-0.15, -0.1) is 0 Å². The predicted molar refractivity (Wildman–Crippen MR) is 355 cm³/mol. The van der Waals surface area contributed by atoms with Gasteiger partial charge in [-0.3, -0.25) is 9.80 Å². The number of methoxy groups -OCH3 is 2. The Kier molecular flexibility index (Phi) is 22.3. The SMILES string of the molecule is C.C.COc1ccc(S(=O)(=O)c2ccc(Oc3ccc(C(C)(C)c4ccc(C)c(Br)c4)cc3Br)cc2)cc1.COc1ccc(S(=O)(=O)c2ccc(Oc3ccc(C(C)(C)c4ccc(C)c(N5CCOC5=O)c4)cc3N3CCOC3=O)cc2)cc1.O=C1NCCO1. The van der Waals surface area contributed by atoms with Crippen LogP contribution in [0.15, 0.2) is 198 Å². The van der Waals surface area contributed by atoms with Crippen molar-refractivity contribution in [2.45, 2.75) is 86.8 Å². The fourth-order valence-corrected chi connectivity index (χ4v) is 13.1. The van der Waals surface area contributed by atoms with Gasteiger partial charge in [0.15, 0.2) is 5.75 Å². The van der Waals surface area contributed by atoms with E-state index < -0.39 is 31.2 Å². The summed E-state index contributed by atoms with van der Waals surface area (Å²) in [5.41, 5.74) is 6.97. The lowest BCUT2D eigenvalue weighted by molar-refractivity contribution is 0.178. The Morgan fingerprint density at radius 3 is 1.18 bits per heavy atom. The number of amides is 3. The van der Waals surface area contributed by atoms with Crippen molar-refractivity contribution >= 4 is 81.2 Å². The van der Waals surface area contributed by atoms with E-state index >= 15 is 0 Å². The largest absolute Gasteiger partial charge is 0.497 e. The standard InChI is InChI=1S/C35H34N2O8S.C29H26Br2O4S.C3H5NO2.2CH4/c1-23-5-6-24(21-30(23)36-17-19-43-33(36)38)35(2,3)25-7-16-32(31(22-25)37-18-20-44-34(37)39)45-27-10-14-29(15-11-27)46(40,41)28-12-8-26(42-4)9-13-28;1-19-5-6-20(17-26(19)30)29(2,3)21-7-16-28(27(31)18-21)35-23-10-14-25(15-11-23)36(32,33)24-12-8-22(34-4)9-13-24;5-3-4-1-2-6-3;;/h5-16,21-22H,17-20H2,1-4H3;5-18H,1-4H3;1-2H2,(H,4,5);2*1H4. The Hall–Kier alpha value is -8.37. The molecule has 0 unspecified atom stereocenters. The van der Waals surface area contributed by atoms with E-state index in [-0.39, 0.29) is 58.6 Å². The van der Waals surface area contributed by atoms with Crippen molar-refractivity contribution in [3.63, 3.8) is 0 Å². The van der Waals surface area contributed by atoms with Crippen molar-refractivity contribution in [2.75, 3.05) is 63.5 Å². The van der Waals surface area contributed by atoms with Gasteiger partial charge in [0, 0.05) is 15.3 Å². The molecule has 3 heterocycles. The van der Waals surface area contributed by atoms with Crippen molar-refractivity contribution in [3.8, 4) is 34.5 Å². The average Bonchev–Trinajstić information content (AvgIpc) is 1.22. The Balaban J connectivity index is 0.000000234. The zero-order valence-electron chi connectivity index (χ0n) is 49.6. The second-order valence-corrected chi connectivity index (χ2v) is 27.3. The van der Waals surface area contributed by atoms with E-state index in [2.05, 4.69) is 107 Å². The van der Waals surface area contributed by atoms with Gasteiger partial charge in [-0.05, 0) is 197 Å². The maximum atomic E-state index is 13.2. The first-order chi connectivity index (χ1) is 41.9. The number of sulfone groups is 2. The topological polar surface area (TPSA) is 203 Å². The smallest absolute Gasteiger partial charge is 0.414 e. The lowest BCUT2D eigenvalue weighted by atomic mass is 9.77. The first-order valence-corrected chi connectivity index (χ1v) is 32.4. The highest BCUT2D eigenvalue weighted by Gasteiger charge is 2.33. The van der Waals surface area contributed by atoms with Gasteiger partial charge in [-0.25, -0.2) is 31.2 Å². The number of carbonyl (C=O) groups is 3. The van der Waals surface area contributed by atoms with Crippen LogP contribution in [-0.4, -0.2) is 88.8 Å². The van der Waals surface area contributed by atoms with Crippen LogP contribution in [-0.2, 0) is 44.7 Å². The average molecular weight is 1390 g/mol. The van der Waals surface area contributed by atoms with E-state index in [9.17, 15) is 31.2 Å². The molecule has 3 aliphatic heterocycles. The summed E-state index contributed by atoms with van der Waals surface area (Å²) in [5, 5.41) is 2.46. The van der Waals surface area contributed by atoms with Gasteiger partial charge in [0.1, 0.15) is 48.6 Å². The summed E-state index contributed by atoms with van der Waals surface area (Å²) in [4.78, 5) is 38.8. The number of hydrogen-bond acceptors (Lipinski definition) is 14. The van der Waals surface area contributed by atoms with E-state index in [0.717, 1.165) is 36.9 Å². The van der Waals surface area contributed by atoms with Crippen LogP contribution in [0.5, 0.6) is 34.5 Å². The summed E-state index contributed by atoms with van der Waals surface area (Å²) in [6.45, 7) is 15.2. The molecule has 1 N–H and O–H groups in total. The highest BCUT2D eigenvalue weighted by Crippen LogP contribution is 2.43. The molecule has 11 rings (SSSR count). The highest BCUT2D eigenvalue weighted by molar-refractivity contribution is 9.10. The van der Waals surface area contributed by atoms with Crippen molar-refractivity contribution in [3.05, 3.63) is 212 Å². The number of benzene rings is 8. The third-order valence-electron chi connectivity index (χ3n) is 15.3. The maximum absolute atomic E-state index is 13.2. The van der Waals surface area contributed by atoms with Gasteiger partial charge in [0.2, 0.25) is 19.7 Å². The Morgan fingerprint density at radius 2 is 0.811 bits per heavy atom. The molecular weight excluding hydrogens is 1320 g/mol. The number of nitrogens with one attached hydrogen (secondary N) is 1. The number of carbonyl (C=O) groups excluding carboxylic acids is 3. The van der Waals surface area contributed by atoms with Crippen molar-refractivity contribution in [1.82, 2.24) is 5.32 Å². The van der Waals surface area contributed by atoms with Gasteiger partial charge in [0.25, 0.3) is 0 Å². The third-order valence-corrected chi connectivity index (χ3v) is 20.4. The molecule has 0 atom stereocenters. The zero-order chi connectivity index (χ0) is 63.1. The quantitative estimate of drug-likeness (QED) is 0.0895. The molecule has 21 heteroatoms. The third kappa shape index (κ3) is 15.4. The molecule has 17 nitrogen and oxygen atoms in total. The fourth-order valence-electron chi connectivity index (χ4n) is 9.76. The first kappa shape index (κ1) is 69.1. The normalized spacial score (nSPS) is 13.8. The minimum atomic E-state index is -3.75. The van der Waals surface area contributed by atoms with E-state index in [1.807, 2.05) is 43.3 Å². The number of cyclic esters (lactones) is 3. The number of rotatable bonds is 16. The second kappa shape index (κ2) is 29.1. The Labute approximate surface area is 544 Å². The van der Waals surface area contributed by atoms with Gasteiger partial charge in [-0.2, -0.15) is 0 Å². The molecular formula is C69H73Br2N3O14S2. The Bertz CT molecular complexity index is 4100. The molecule has 0 aromatic heterocycles. The number of anilines is 2. The second-order valence-electron chi connectivity index (χ2n) is 21.6. The van der Waals surface area contributed by atoms with Crippen LogP contribution in [0.1, 0.15) is 75.9 Å². The molecule has 3 aliphatic rings. The highest BCUT2D eigenvalue weighted by atomic mass is 79.9. The number of ether oxygens (including phenoxy) is 7. The van der Waals surface area contributed by atoms with Gasteiger partial charge in [0.05, 0.1) is 69.3 Å². The van der Waals surface area contributed by atoms with E-state index in [0.29, 0.717) is 73.0 Å². The minimum Gasteiger partial charge on any atom is -0.497 e. The van der Waals surface area contributed by atoms with Crippen LogP contribution < -0.4 is 34.1 Å². The van der Waals surface area contributed by atoms with Crippen molar-refractivity contribution in [1.29, 1.82) is 0 Å². The molecule has 474 valence electrons. The molecule has 0 aliphatic carbocycles. The molecule has 3 fully saturated rings. The summed E-state index contributed by atoms with van der Waals surface area (Å²) < 4.78 is 91.5. The van der Waals surface area contributed by atoms with Crippen LogP contribution in [0, 0.1) is 13.8 Å². The van der Waals surface area contributed by atoms with E-state index in [1.165, 1.54) is 66.6 Å². The van der Waals surface area contributed by atoms with Crippen LogP contribution in [0.4, 0.5) is 25.8 Å². The van der Waals surface area contributed by atoms with Crippen LogP contribution in [0.3, 0.4) is 0 Å². The predicted octanol–water partition coefficient (Wildman–Crippen LogP) is 16.3. The molecule has 0 spiro atoms. The molecule has 0 bridgehead atoms. The molecule has 8 aromatic rings. The molecule has 90 heavy (non-hydrogen) atoms. The van der Waals surface area contributed by atoms with Crippen LogP contribution in [0.2, 0.25) is 0 Å².